The van der Waals surface area contributed by atoms with E-state index in [4.69, 9.17) is 14.5 Å². The molecule has 3 fully saturated rings. The van der Waals surface area contributed by atoms with Crippen LogP contribution >= 0.6 is 11.3 Å². The number of aromatic nitrogens is 2. The van der Waals surface area contributed by atoms with E-state index in [9.17, 15) is 14.7 Å². The molecule has 10 heteroatoms. The van der Waals surface area contributed by atoms with Gasteiger partial charge in [-0.1, -0.05) is 39.3 Å². The molecule has 3 aliphatic rings. The third-order valence-electron chi connectivity index (χ3n) is 10.9. The number of carbonyl (C=O) groups is 2. The smallest absolute Gasteiger partial charge is 0.410 e. The number of amides is 2. The Morgan fingerprint density at radius 1 is 1.00 bits per heavy atom. The highest BCUT2D eigenvalue weighted by atomic mass is 32.1. The van der Waals surface area contributed by atoms with Crippen molar-refractivity contribution < 1.29 is 24.2 Å². The van der Waals surface area contributed by atoms with Gasteiger partial charge < -0.3 is 19.5 Å². The van der Waals surface area contributed by atoms with E-state index in [-0.39, 0.29) is 55.4 Å². The van der Waals surface area contributed by atoms with Gasteiger partial charge in [0.15, 0.2) is 0 Å². The number of likely N-dealkylation sites (tertiary alicyclic amines) is 1. The van der Waals surface area contributed by atoms with E-state index in [2.05, 4.69) is 50.9 Å². The molecule has 0 atom stereocenters. The van der Waals surface area contributed by atoms with E-state index < -0.39 is 5.60 Å². The summed E-state index contributed by atoms with van der Waals surface area (Å²) in [7, 11) is 1.71. The lowest BCUT2D eigenvalue weighted by Crippen LogP contribution is -2.57. The normalized spacial score (nSPS) is 21.4. The van der Waals surface area contributed by atoms with Gasteiger partial charge in [-0.2, -0.15) is 0 Å². The molecule has 50 heavy (non-hydrogen) atoms. The first-order chi connectivity index (χ1) is 23.9. The molecule has 0 bridgehead atoms. The van der Waals surface area contributed by atoms with Crippen LogP contribution in [-0.2, 0) is 14.9 Å². The van der Waals surface area contributed by atoms with Gasteiger partial charge >= 0.3 is 6.09 Å². The molecule has 1 N–H and O–H groups in total. The summed E-state index contributed by atoms with van der Waals surface area (Å²) in [6.45, 7) is 9.58. The predicted molar refractivity (Wildman–Crippen MR) is 198 cm³/mol. The average Bonchev–Trinajstić information content (AvgIpc) is 3.63. The molecule has 1 saturated heterocycles. The summed E-state index contributed by atoms with van der Waals surface area (Å²) in [5.41, 5.74) is 1.77. The molecule has 9 nitrogen and oxygen atoms in total. The van der Waals surface area contributed by atoms with Crippen molar-refractivity contribution in [3.63, 3.8) is 0 Å². The van der Waals surface area contributed by atoms with E-state index in [1.165, 1.54) is 12.0 Å². The van der Waals surface area contributed by atoms with Crippen molar-refractivity contribution in [1.82, 2.24) is 14.9 Å². The van der Waals surface area contributed by atoms with Crippen LogP contribution in [0, 0.1) is 12.8 Å². The number of nitrogens with zero attached hydrogens (tertiary/aromatic N) is 4. The standard InChI is InChI=1S/C40H54N4O5S/c1-27-23-30(15-16-33(27)48-5)29-13-11-28(12-14-29)26-44(35-24-31(17-20-41-35)34-25-42-36(50-34)39(2,3)4)37(45)40(47)18-21-43(22-19-40)38(46)49-32-9-7-6-8-10-32/h15-17,20,23-25,28-29,32,47H,6-14,18-19,21-22,26H2,1-5H3. The number of ether oxygens (including phenoxy) is 2. The Bertz CT molecular complexity index is 1630. The number of aryl methyl sites for hydroxylation is 1. The van der Waals surface area contributed by atoms with Crippen LogP contribution in [0.2, 0.25) is 0 Å². The van der Waals surface area contributed by atoms with Gasteiger partial charge in [0.25, 0.3) is 5.91 Å². The van der Waals surface area contributed by atoms with E-state index in [1.807, 2.05) is 18.3 Å². The maximum atomic E-state index is 14.5. The number of aliphatic hydroxyl groups is 1. The molecule has 2 amide bonds. The van der Waals surface area contributed by atoms with Gasteiger partial charge in [0, 0.05) is 50.3 Å². The summed E-state index contributed by atoms with van der Waals surface area (Å²) in [6.07, 6.45) is 12.8. The van der Waals surface area contributed by atoms with Crippen molar-refractivity contribution in [3.05, 3.63) is 58.9 Å². The first kappa shape index (κ1) is 36.3. The van der Waals surface area contributed by atoms with Crippen LogP contribution in [-0.4, -0.2) is 70.4 Å². The Morgan fingerprint density at radius 3 is 2.36 bits per heavy atom. The first-order valence-corrected chi connectivity index (χ1v) is 19.3. The van der Waals surface area contributed by atoms with Crippen LogP contribution in [0.5, 0.6) is 5.75 Å². The number of anilines is 1. The molecule has 0 spiro atoms. The van der Waals surface area contributed by atoms with Crippen molar-refractivity contribution >= 4 is 29.2 Å². The number of piperidine rings is 1. The van der Waals surface area contributed by atoms with Crippen molar-refractivity contribution in [2.75, 3.05) is 31.6 Å². The predicted octanol–water partition coefficient (Wildman–Crippen LogP) is 8.42. The van der Waals surface area contributed by atoms with Gasteiger partial charge in [0.05, 0.1) is 17.0 Å². The molecule has 3 aromatic rings. The topological polar surface area (TPSA) is 105 Å². The van der Waals surface area contributed by atoms with Gasteiger partial charge in [-0.15, -0.1) is 11.3 Å². The molecule has 3 heterocycles. The third-order valence-corrected chi connectivity index (χ3v) is 12.4. The van der Waals surface area contributed by atoms with Crippen molar-refractivity contribution in [2.24, 2.45) is 5.92 Å². The van der Waals surface area contributed by atoms with Crippen LogP contribution in [0.3, 0.4) is 0 Å². The first-order valence-electron chi connectivity index (χ1n) is 18.5. The van der Waals surface area contributed by atoms with E-state index >= 15 is 0 Å². The average molecular weight is 703 g/mol. The lowest BCUT2D eigenvalue weighted by Gasteiger charge is -2.41. The molecule has 1 aromatic carbocycles. The minimum atomic E-state index is -1.60. The summed E-state index contributed by atoms with van der Waals surface area (Å²) in [6, 6.07) is 10.4. The van der Waals surface area contributed by atoms with Crippen molar-refractivity contribution in [2.45, 2.75) is 121 Å². The molecule has 270 valence electrons. The van der Waals surface area contributed by atoms with Crippen LogP contribution in [0.25, 0.3) is 10.4 Å². The second-order valence-electron chi connectivity index (χ2n) is 15.7. The van der Waals surface area contributed by atoms with E-state index in [1.54, 1.807) is 34.4 Å². The maximum Gasteiger partial charge on any atom is 0.410 e. The van der Waals surface area contributed by atoms with Crippen molar-refractivity contribution in [3.8, 4) is 16.2 Å². The Morgan fingerprint density at radius 2 is 1.72 bits per heavy atom. The summed E-state index contributed by atoms with van der Waals surface area (Å²) in [5, 5.41) is 13.0. The maximum absolute atomic E-state index is 14.5. The number of thiazole rings is 1. The fraction of sp³-hybridized carbons (Fsp3) is 0.600. The number of pyridine rings is 1. The number of methoxy groups -OCH3 is 1. The summed E-state index contributed by atoms with van der Waals surface area (Å²) >= 11 is 1.65. The van der Waals surface area contributed by atoms with Gasteiger partial charge in [-0.25, -0.2) is 14.8 Å². The zero-order valence-electron chi connectivity index (χ0n) is 30.5. The lowest BCUT2D eigenvalue weighted by atomic mass is 9.78. The zero-order chi connectivity index (χ0) is 35.5. The Labute approximate surface area is 301 Å². The Balaban J connectivity index is 1.19. The number of hydrogen-bond acceptors (Lipinski definition) is 8. The quantitative estimate of drug-likeness (QED) is 0.251. The second-order valence-corrected chi connectivity index (χ2v) is 16.7. The Kier molecular flexibility index (Phi) is 11.2. The molecule has 6 rings (SSSR count). The SMILES string of the molecule is COc1ccc(C2CCC(CN(C(=O)C3(O)CCN(C(=O)OC4CCCCC4)CC3)c3cc(-c4cnc(C(C)(C)C)s4)ccn3)CC2)cc1C. The molecule has 0 radical (unpaired) electrons. The molecule has 2 aromatic heterocycles. The second kappa shape index (κ2) is 15.4. The summed E-state index contributed by atoms with van der Waals surface area (Å²) < 4.78 is 11.3. The zero-order valence-corrected chi connectivity index (χ0v) is 31.3. The number of carbonyl (C=O) groups excluding carboxylic acids is 2. The van der Waals surface area contributed by atoms with Crippen LogP contribution in [0.1, 0.15) is 113 Å². The highest BCUT2D eigenvalue weighted by molar-refractivity contribution is 7.15. The molecule has 1 aliphatic heterocycles. The van der Waals surface area contributed by atoms with E-state index in [0.29, 0.717) is 18.3 Å². The van der Waals surface area contributed by atoms with Crippen LogP contribution in [0.4, 0.5) is 10.6 Å². The largest absolute Gasteiger partial charge is 0.496 e. The number of hydrogen-bond donors (Lipinski definition) is 1. The highest BCUT2D eigenvalue weighted by Crippen LogP contribution is 2.39. The van der Waals surface area contributed by atoms with Gasteiger partial charge in [0.1, 0.15) is 23.3 Å². The van der Waals surface area contributed by atoms with Crippen LogP contribution in [0.15, 0.2) is 42.7 Å². The minimum absolute atomic E-state index is 0.0330. The van der Waals surface area contributed by atoms with Gasteiger partial charge in [-0.05, 0) is 105 Å². The molecular weight excluding hydrogens is 649 g/mol. The molecular formula is C40H54N4O5S. The fourth-order valence-electron chi connectivity index (χ4n) is 7.77. The van der Waals surface area contributed by atoms with Gasteiger partial charge in [0.2, 0.25) is 0 Å². The fourth-order valence-corrected chi connectivity index (χ4v) is 8.74. The van der Waals surface area contributed by atoms with Crippen LogP contribution < -0.4 is 9.64 Å². The van der Waals surface area contributed by atoms with Gasteiger partial charge in [-0.3, -0.25) is 9.69 Å². The lowest BCUT2D eigenvalue weighted by molar-refractivity contribution is -0.141. The number of rotatable bonds is 8. The van der Waals surface area contributed by atoms with Crippen molar-refractivity contribution in [1.29, 1.82) is 0 Å². The van der Waals surface area contributed by atoms with E-state index in [0.717, 1.165) is 78.1 Å². The third kappa shape index (κ3) is 8.34. The Hall–Kier alpha value is -3.50. The number of benzene rings is 1. The molecule has 0 unspecified atom stereocenters. The summed E-state index contributed by atoms with van der Waals surface area (Å²) in [4.78, 5) is 41.3. The molecule has 2 saturated carbocycles. The summed E-state index contributed by atoms with van der Waals surface area (Å²) in [5.74, 6) is 1.84. The minimum Gasteiger partial charge on any atom is -0.496 e. The monoisotopic (exact) mass is 702 g/mol. The highest BCUT2D eigenvalue weighted by Gasteiger charge is 2.45. The molecule has 2 aliphatic carbocycles.